The van der Waals surface area contributed by atoms with E-state index in [9.17, 15) is 22.8 Å². The molecule has 3 rings (SSSR count). The molecule has 0 bridgehead atoms. The van der Waals surface area contributed by atoms with Crippen LogP contribution in [0, 0.1) is 0 Å². The molecule has 1 aliphatic heterocycles. The summed E-state index contributed by atoms with van der Waals surface area (Å²) in [6.07, 6.45) is -0.474. The van der Waals surface area contributed by atoms with Crippen LogP contribution in [0.3, 0.4) is 0 Å². The van der Waals surface area contributed by atoms with Crippen molar-refractivity contribution in [1.82, 2.24) is 13.8 Å². The zero-order chi connectivity index (χ0) is 20.5. The Morgan fingerprint density at radius 3 is 2.50 bits per heavy atom. The zero-order valence-electron chi connectivity index (χ0n) is 15.2. The van der Waals surface area contributed by atoms with E-state index in [4.69, 9.17) is 14.9 Å². The average Bonchev–Trinajstić information content (AvgIpc) is 2.96. The van der Waals surface area contributed by atoms with Gasteiger partial charge >= 0.3 is 11.8 Å². The number of oxazole rings is 1. The monoisotopic (exact) mass is 412 g/mol. The molecule has 2 N–H and O–H groups in total. The van der Waals surface area contributed by atoms with Crippen LogP contribution in [0.25, 0.3) is 11.1 Å². The molecule has 2 aromatic rings. The highest BCUT2D eigenvalue weighted by Gasteiger charge is 2.31. The highest BCUT2D eigenvalue weighted by molar-refractivity contribution is 7.89. The van der Waals surface area contributed by atoms with E-state index >= 15 is 0 Å². The fourth-order valence-electron chi connectivity index (χ4n) is 2.99. The molecule has 11 nitrogen and oxygen atoms in total. The minimum absolute atomic E-state index is 0.0393. The maximum atomic E-state index is 12.9. The number of fused-ring (bicyclic) bond motifs is 1. The summed E-state index contributed by atoms with van der Waals surface area (Å²) in [4.78, 5) is 36.1. The molecule has 1 aromatic carbocycles. The molecular weight excluding hydrogens is 392 g/mol. The number of piperazine rings is 1. The SMILES string of the molecule is CCOC(=O)N1CCN(S(=O)(=O)c2ccc3c(c2)oc(=O)n3CC(N)=O)CC1. The number of benzene rings is 1. The molecule has 0 saturated carbocycles. The number of carbonyl (C=O) groups excluding carboxylic acids is 2. The molecule has 2 heterocycles. The lowest BCUT2D eigenvalue weighted by atomic mass is 10.3. The Balaban J connectivity index is 1.83. The van der Waals surface area contributed by atoms with Gasteiger partial charge < -0.3 is 19.8 Å². The number of sulfonamides is 1. The molecule has 0 unspecified atom stereocenters. The van der Waals surface area contributed by atoms with E-state index in [1.807, 2.05) is 0 Å². The summed E-state index contributed by atoms with van der Waals surface area (Å²) in [6, 6.07) is 3.97. The number of hydrogen-bond donors (Lipinski definition) is 1. The van der Waals surface area contributed by atoms with Crippen molar-refractivity contribution in [2.75, 3.05) is 32.8 Å². The van der Waals surface area contributed by atoms with Gasteiger partial charge in [0.05, 0.1) is 17.0 Å². The molecule has 0 atom stereocenters. The van der Waals surface area contributed by atoms with Crippen molar-refractivity contribution in [2.45, 2.75) is 18.4 Å². The molecule has 1 saturated heterocycles. The molecule has 0 aliphatic carbocycles. The van der Waals surface area contributed by atoms with Crippen LogP contribution in [0.4, 0.5) is 4.79 Å². The van der Waals surface area contributed by atoms with E-state index in [2.05, 4.69) is 0 Å². The summed E-state index contributed by atoms with van der Waals surface area (Å²) in [6.45, 7) is 2.24. The molecule has 0 radical (unpaired) electrons. The van der Waals surface area contributed by atoms with Crippen LogP contribution in [0.2, 0.25) is 0 Å². The number of carbonyl (C=O) groups is 2. The smallest absolute Gasteiger partial charge is 0.420 e. The molecule has 28 heavy (non-hydrogen) atoms. The maximum absolute atomic E-state index is 12.9. The normalized spacial score (nSPS) is 15.7. The summed E-state index contributed by atoms with van der Waals surface area (Å²) in [5.41, 5.74) is 5.42. The number of primary amides is 1. The summed E-state index contributed by atoms with van der Waals surface area (Å²) in [7, 11) is -3.85. The first kappa shape index (κ1) is 19.9. The molecular formula is C16H20N4O7S. The van der Waals surface area contributed by atoms with Crippen molar-refractivity contribution in [3.05, 3.63) is 28.7 Å². The second-order valence-corrected chi connectivity index (χ2v) is 8.08. The van der Waals surface area contributed by atoms with Gasteiger partial charge in [-0.3, -0.25) is 9.36 Å². The highest BCUT2D eigenvalue weighted by Crippen LogP contribution is 2.22. The Morgan fingerprint density at radius 1 is 1.21 bits per heavy atom. The molecule has 152 valence electrons. The van der Waals surface area contributed by atoms with Crippen molar-refractivity contribution >= 4 is 33.1 Å². The first-order valence-corrected chi connectivity index (χ1v) is 10.0. The Kier molecular flexibility index (Phi) is 5.42. The summed E-state index contributed by atoms with van der Waals surface area (Å²) in [5.74, 6) is -1.52. The van der Waals surface area contributed by atoms with Crippen molar-refractivity contribution in [3.8, 4) is 0 Å². The van der Waals surface area contributed by atoms with Crippen LogP contribution >= 0.6 is 0 Å². The van der Waals surface area contributed by atoms with Gasteiger partial charge in [-0.25, -0.2) is 18.0 Å². The van der Waals surface area contributed by atoms with E-state index in [0.717, 1.165) is 4.57 Å². The van der Waals surface area contributed by atoms with Gasteiger partial charge in [0.2, 0.25) is 15.9 Å². The van der Waals surface area contributed by atoms with E-state index in [0.29, 0.717) is 0 Å². The molecule has 12 heteroatoms. The molecule has 1 aliphatic rings. The van der Waals surface area contributed by atoms with Crippen LogP contribution < -0.4 is 11.5 Å². The quantitative estimate of drug-likeness (QED) is 0.699. The van der Waals surface area contributed by atoms with Crippen molar-refractivity contribution in [2.24, 2.45) is 5.73 Å². The lowest BCUT2D eigenvalue weighted by molar-refractivity contribution is -0.118. The first-order valence-electron chi connectivity index (χ1n) is 8.57. The maximum Gasteiger partial charge on any atom is 0.420 e. The molecule has 1 fully saturated rings. The molecule has 0 spiro atoms. The van der Waals surface area contributed by atoms with Gasteiger partial charge in [0.1, 0.15) is 6.54 Å². The lowest BCUT2D eigenvalue weighted by Gasteiger charge is -2.33. The number of ether oxygens (including phenoxy) is 1. The topological polar surface area (TPSA) is 145 Å². The second kappa shape index (κ2) is 7.64. The Bertz CT molecular complexity index is 1060. The predicted molar refractivity (Wildman–Crippen MR) is 97.0 cm³/mol. The van der Waals surface area contributed by atoms with Gasteiger partial charge in [-0.05, 0) is 19.1 Å². The van der Waals surface area contributed by atoms with E-state index in [1.165, 1.54) is 27.4 Å². The average molecular weight is 412 g/mol. The van der Waals surface area contributed by atoms with E-state index in [1.54, 1.807) is 6.92 Å². The summed E-state index contributed by atoms with van der Waals surface area (Å²) >= 11 is 0. The first-order chi connectivity index (χ1) is 13.2. The standard InChI is InChI=1S/C16H20N4O7S/c1-2-26-15(22)18-5-7-19(8-6-18)28(24,25)11-3-4-12-13(9-11)27-16(23)20(12)10-14(17)21/h3-4,9H,2,5-8,10H2,1H3,(H2,17,21). The van der Waals surface area contributed by atoms with Crippen molar-refractivity contribution in [1.29, 1.82) is 0 Å². The fourth-order valence-corrected chi connectivity index (χ4v) is 4.43. The number of amides is 2. The number of nitrogens with two attached hydrogens (primary N) is 1. The third kappa shape index (κ3) is 3.73. The lowest BCUT2D eigenvalue weighted by Crippen LogP contribution is -2.50. The van der Waals surface area contributed by atoms with Crippen LogP contribution in [-0.2, 0) is 26.1 Å². The Hall–Kier alpha value is -2.86. The zero-order valence-corrected chi connectivity index (χ0v) is 16.0. The summed E-state index contributed by atoms with van der Waals surface area (Å²) < 4.78 is 38.0. The predicted octanol–water partition coefficient (Wildman–Crippen LogP) is -0.457. The number of aromatic nitrogens is 1. The van der Waals surface area contributed by atoms with Crippen LogP contribution in [0.1, 0.15) is 6.92 Å². The van der Waals surface area contributed by atoms with Gasteiger partial charge in [0.25, 0.3) is 0 Å². The molecule has 1 aromatic heterocycles. The second-order valence-electron chi connectivity index (χ2n) is 6.14. The van der Waals surface area contributed by atoms with E-state index < -0.39 is 27.8 Å². The van der Waals surface area contributed by atoms with Crippen molar-refractivity contribution < 1.29 is 27.2 Å². The Labute approximate surface area is 160 Å². The minimum Gasteiger partial charge on any atom is -0.450 e. The third-order valence-corrected chi connectivity index (χ3v) is 6.25. The Morgan fingerprint density at radius 2 is 1.89 bits per heavy atom. The van der Waals surface area contributed by atoms with Gasteiger partial charge in [0, 0.05) is 32.2 Å². The van der Waals surface area contributed by atoms with Gasteiger partial charge in [-0.1, -0.05) is 0 Å². The minimum atomic E-state index is -3.85. The van der Waals surface area contributed by atoms with Gasteiger partial charge in [-0.15, -0.1) is 0 Å². The van der Waals surface area contributed by atoms with Gasteiger partial charge in [-0.2, -0.15) is 4.31 Å². The van der Waals surface area contributed by atoms with Crippen LogP contribution in [0.15, 0.2) is 32.3 Å². The largest absolute Gasteiger partial charge is 0.450 e. The van der Waals surface area contributed by atoms with Crippen molar-refractivity contribution in [3.63, 3.8) is 0 Å². The number of hydrogen-bond acceptors (Lipinski definition) is 7. The number of rotatable bonds is 5. The van der Waals surface area contributed by atoms with Crippen LogP contribution in [0.5, 0.6) is 0 Å². The molecule has 2 amide bonds. The van der Waals surface area contributed by atoms with Gasteiger partial charge in [0.15, 0.2) is 5.58 Å². The number of nitrogens with zero attached hydrogens (tertiary/aromatic N) is 3. The summed E-state index contributed by atoms with van der Waals surface area (Å²) in [5, 5.41) is 0. The van der Waals surface area contributed by atoms with Crippen LogP contribution in [-0.4, -0.2) is 67.0 Å². The fraction of sp³-hybridized carbons (Fsp3) is 0.438. The third-order valence-electron chi connectivity index (χ3n) is 4.36. The van der Waals surface area contributed by atoms with E-state index in [-0.39, 0.29) is 55.3 Å². The highest BCUT2D eigenvalue weighted by atomic mass is 32.2.